The Hall–Kier alpha value is -0.980. The molecule has 2 aliphatic heterocycles. The molecule has 1 amide bonds. The smallest absolute Gasteiger partial charge is 0.274 e. The van der Waals surface area contributed by atoms with Crippen LogP contribution in [0.15, 0.2) is 22.8 Å². The van der Waals surface area contributed by atoms with Crippen LogP contribution < -0.4 is 0 Å². The van der Waals surface area contributed by atoms with Crippen molar-refractivity contribution in [2.45, 2.75) is 18.6 Å². The molecule has 0 spiro atoms. The Morgan fingerprint density at radius 3 is 3.15 bits per heavy atom. The van der Waals surface area contributed by atoms with E-state index >= 15 is 0 Å². The maximum atomic E-state index is 12.7. The number of carbonyl (C=O) groups is 1. The molecule has 6 heteroatoms. The second-order valence-corrected chi connectivity index (χ2v) is 6.21. The number of hydrogen-bond donors (Lipinski definition) is 0. The van der Waals surface area contributed by atoms with Crippen molar-refractivity contribution >= 4 is 21.8 Å². The van der Waals surface area contributed by atoms with Crippen molar-refractivity contribution in [3.63, 3.8) is 0 Å². The normalized spacial score (nSPS) is 27.2. The number of piperidine rings is 1. The van der Waals surface area contributed by atoms with Crippen LogP contribution in [0.4, 0.5) is 0 Å². The van der Waals surface area contributed by atoms with E-state index in [2.05, 4.69) is 32.9 Å². The molecule has 1 aromatic rings. The number of halogens is 1. The van der Waals surface area contributed by atoms with Crippen LogP contribution in [0.25, 0.3) is 0 Å². The molecule has 0 unspecified atom stereocenters. The lowest BCUT2D eigenvalue weighted by atomic mass is 9.98. The number of likely N-dealkylation sites (N-methyl/N-ethyl adjacent to an activating group) is 1. The van der Waals surface area contributed by atoms with Gasteiger partial charge in [-0.1, -0.05) is 0 Å². The number of rotatable bonds is 1. The number of morpholine rings is 1. The van der Waals surface area contributed by atoms with Gasteiger partial charge in [0.15, 0.2) is 0 Å². The van der Waals surface area contributed by atoms with Crippen LogP contribution in [0.3, 0.4) is 0 Å². The molecule has 0 radical (unpaired) electrons. The van der Waals surface area contributed by atoms with E-state index in [-0.39, 0.29) is 18.1 Å². The summed E-state index contributed by atoms with van der Waals surface area (Å²) in [5.41, 5.74) is 0.487. The monoisotopic (exact) mass is 339 g/mol. The van der Waals surface area contributed by atoms with E-state index < -0.39 is 0 Å². The lowest BCUT2D eigenvalue weighted by Crippen LogP contribution is -2.60. The zero-order valence-electron chi connectivity index (χ0n) is 11.5. The first-order chi connectivity index (χ1) is 9.66. The highest BCUT2D eigenvalue weighted by molar-refractivity contribution is 9.10. The fourth-order valence-electron chi connectivity index (χ4n) is 2.96. The van der Waals surface area contributed by atoms with E-state index in [9.17, 15) is 4.79 Å². The fourth-order valence-corrected chi connectivity index (χ4v) is 3.39. The minimum atomic E-state index is -0.00826. The summed E-state index contributed by atoms with van der Waals surface area (Å²) in [6, 6.07) is 3.80. The molecule has 3 rings (SSSR count). The highest BCUT2D eigenvalue weighted by atomic mass is 79.9. The van der Waals surface area contributed by atoms with E-state index in [1.807, 2.05) is 17.0 Å². The Morgan fingerprint density at radius 1 is 1.50 bits per heavy atom. The SMILES string of the molecule is CN1CC[C@H]2OCCN(C(=O)c3ncccc3Br)[C@@H]2C1. The van der Waals surface area contributed by atoms with Crippen LogP contribution in [0.1, 0.15) is 16.9 Å². The predicted octanol–water partition coefficient (Wildman–Crippen LogP) is 1.39. The van der Waals surface area contributed by atoms with E-state index in [4.69, 9.17) is 4.74 Å². The number of pyridine rings is 1. The van der Waals surface area contributed by atoms with Gasteiger partial charge in [-0.15, -0.1) is 0 Å². The fraction of sp³-hybridized carbons (Fsp3) is 0.571. The number of nitrogens with zero attached hydrogens (tertiary/aromatic N) is 3. The zero-order chi connectivity index (χ0) is 14.1. The average Bonchev–Trinajstić information content (AvgIpc) is 2.46. The summed E-state index contributed by atoms with van der Waals surface area (Å²) in [6.07, 6.45) is 2.79. The Balaban J connectivity index is 1.84. The number of fused-ring (bicyclic) bond motifs is 1. The molecule has 1 aromatic heterocycles. The number of ether oxygens (including phenoxy) is 1. The van der Waals surface area contributed by atoms with Crippen molar-refractivity contribution < 1.29 is 9.53 Å². The Labute approximate surface area is 127 Å². The molecule has 0 aliphatic carbocycles. The van der Waals surface area contributed by atoms with Gasteiger partial charge in [0.2, 0.25) is 0 Å². The number of carbonyl (C=O) groups excluding carboxylic acids is 1. The number of aromatic nitrogens is 1. The van der Waals surface area contributed by atoms with Gasteiger partial charge in [-0.25, -0.2) is 4.98 Å². The lowest BCUT2D eigenvalue weighted by molar-refractivity contribution is -0.0871. The molecule has 20 heavy (non-hydrogen) atoms. The molecule has 0 aromatic carbocycles. The summed E-state index contributed by atoms with van der Waals surface area (Å²) in [6.45, 7) is 3.13. The van der Waals surface area contributed by atoms with Crippen LogP contribution in [-0.2, 0) is 4.74 Å². The van der Waals surface area contributed by atoms with Crippen molar-refractivity contribution in [3.8, 4) is 0 Å². The van der Waals surface area contributed by atoms with Crippen molar-refractivity contribution in [1.29, 1.82) is 0 Å². The third-order valence-corrected chi connectivity index (χ3v) is 4.65. The first kappa shape index (κ1) is 14.0. The van der Waals surface area contributed by atoms with Gasteiger partial charge in [0.25, 0.3) is 5.91 Å². The van der Waals surface area contributed by atoms with E-state index in [1.165, 1.54) is 0 Å². The molecule has 3 heterocycles. The molecule has 0 saturated carbocycles. The maximum absolute atomic E-state index is 12.7. The molecule has 0 N–H and O–H groups in total. The Kier molecular flexibility index (Phi) is 4.05. The van der Waals surface area contributed by atoms with Crippen molar-refractivity contribution in [3.05, 3.63) is 28.5 Å². The highest BCUT2D eigenvalue weighted by Crippen LogP contribution is 2.25. The first-order valence-corrected chi connectivity index (χ1v) is 7.68. The summed E-state index contributed by atoms with van der Waals surface area (Å²) in [7, 11) is 2.09. The second-order valence-electron chi connectivity index (χ2n) is 5.36. The summed E-state index contributed by atoms with van der Waals surface area (Å²) in [5.74, 6) is -0.00826. The Bertz CT molecular complexity index is 511. The summed E-state index contributed by atoms with van der Waals surface area (Å²) in [5, 5.41) is 0. The summed E-state index contributed by atoms with van der Waals surface area (Å²) >= 11 is 3.41. The van der Waals surface area contributed by atoms with Gasteiger partial charge in [-0.2, -0.15) is 0 Å². The van der Waals surface area contributed by atoms with Gasteiger partial charge < -0.3 is 14.5 Å². The number of amides is 1. The third kappa shape index (κ3) is 2.60. The van der Waals surface area contributed by atoms with E-state index in [0.717, 1.165) is 24.0 Å². The van der Waals surface area contributed by atoms with E-state index in [1.54, 1.807) is 6.20 Å². The largest absolute Gasteiger partial charge is 0.374 e. The highest BCUT2D eigenvalue weighted by Gasteiger charge is 2.39. The standard InChI is InChI=1S/C14H18BrN3O2/c1-17-6-4-12-11(9-17)18(7-8-20-12)14(19)13-10(15)3-2-5-16-13/h2-3,5,11-12H,4,6-9H2,1H3/t11-,12-/m1/s1. The van der Waals surface area contributed by atoms with Gasteiger partial charge in [-0.3, -0.25) is 4.79 Å². The van der Waals surface area contributed by atoms with E-state index in [0.29, 0.717) is 18.8 Å². The van der Waals surface area contributed by atoms with Gasteiger partial charge in [0.05, 0.1) is 18.8 Å². The molecule has 108 valence electrons. The van der Waals surface area contributed by atoms with Crippen LogP contribution in [0, 0.1) is 0 Å². The quantitative estimate of drug-likeness (QED) is 0.775. The minimum absolute atomic E-state index is 0.00826. The maximum Gasteiger partial charge on any atom is 0.274 e. The number of hydrogen-bond acceptors (Lipinski definition) is 4. The topological polar surface area (TPSA) is 45.7 Å². The average molecular weight is 340 g/mol. The number of likely N-dealkylation sites (tertiary alicyclic amines) is 1. The van der Waals surface area contributed by atoms with Crippen LogP contribution >= 0.6 is 15.9 Å². The van der Waals surface area contributed by atoms with Crippen LogP contribution in [-0.4, -0.2) is 66.1 Å². The molecule has 2 aliphatic rings. The Morgan fingerprint density at radius 2 is 2.35 bits per heavy atom. The van der Waals surface area contributed by atoms with Crippen molar-refractivity contribution in [2.24, 2.45) is 0 Å². The first-order valence-electron chi connectivity index (χ1n) is 6.88. The minimum Gasteiger partial charge on any atom is -0.374 e. The van der Waals surface area contributed by atoms with Crippen molar-refractivity contribution in [1.82, 2.24) is 14.8 Å². The zero-order valence-corrected chi connectivity index (χ0v) is 13.0. The second kappa shape index (κ2) is 5.79. The predicted molar refractivity (Wildman–Crippen MR) is 78.6 cm³/mol. The summed E-state index contributed by atoms with van der Waals surface area (Å²) in [4.78, 5) is 21.1. The van der Waals surface area contributed by atoms with Gasteiger partial charge >= 0.3 is 0 Å². The molecule has 2 atom stereocenters. The molecule has 5 nitrogen and oxygen atoms in total. The summed E-state index contributed by atoms with van der Waals surface area (Å²) < 4.78 is 6.57. The van der Waals surface area contributed by atoms with Gasteiger partial charge in [-0.05, 0) is 41.5 Å². The molecular formula is C14H18BrN3O2. The van der Waals surface area contributed by atoms with Crippen LogP contribution in [0.2, 0.25) is 0 Å². The van der Waals surface area contributed by atoms with Crippen LogP contribution in [0.5, 0.6) is 0 Å². The molecule has 0 bridgehead atoms. The molecule has 2 saturated heterocycles. The van der Waals surface area contributed by atoms with Gasteiger partial charge in [0, 0.05) is 30.3 Å². The molecular weight excluding hydrogens is 322 g/mol. The van der Waals surface area contributed by atoms with Crippen molar-refractivity contribution in [2.75, 3.05) is 33.3 Å². The lowest BCUT2D eigenvalue weighted by Gasteiger charge is -2.46. The van der Waals surface area contributed by atoms with Gasteiger partial charge in [0.1, 0.15) is 5.69 Å². The molecule has 2 fully saturated rings. The third-order valence-electron chi connectivity index (χ3n) is 4.01.